The Kier molecular flexibility index (Phi) is 11.5. The number of aliphatic imine (C=N–C) groups is 1. The summed E-state index contributed by atoms with van der Waals surface area (Å²) in [6.07, 6.45) is 9.66. The maximum atomic E-state index is 12.8. The first-order valence-electron chi connectivity index (χ1n) is 13.7. The summed E-state index contributed by atoms with van der Waals surface area (Å²) >= 11 is 0. The number of ether oxygens (including phenoxy) is 2. The molecule has 1 aromatic heterocycles. The van der Waals surface area contributed by atoms with Crippen molar-refractivity contribution in [2.75, 3.05) is 19.4 Å². The van der Waals surface area contributed by atoms with Gasteiger partial charge in [-0.25, -0.2) is 4.98 Å². The predicted octanol–water partition coefficient (Wildman–Crippen LogP) is 5.41. The molecule has 2 unspecified atom stereocenters. The summed E-state index contributed by atoms with van der Waals surface area (Å²) in [5.74, 6) is 1.08. The summed E-state index contributed by atoms with van der Waals surface area (Å²) in [6.45, 7) is 4.30. The summed E-state index contributed by atoms with van der Waals surface area (Å²) in [6, 6.07) is 9.00. The largest absolute Gasteiger partial charge is 0.504 e. The molecular formula is C31H41N3O5. The number of aromatic nitrogens is 1. The van der Waals surface area contributed by atoms with Crippen LogP contribution >= 0.6 is 0 Å². The standard InChI is InChI=1S/C31H41N3O5/c1-4-22(15-26-20-33-19-25(26)9-5-24-13-14-34-31(32)17-24)7-11-28(39-21(2)35)18-27(36)10-6-23-8-12-29(37)30(16-23)38-3/h8,12-14,16-17,20,22,28,37H,4-7,9-11,15,18-19H2,1-3H3,(H2,32,34). The van der Waals surface area contributed by atoms with Crippen molar-refractivity contribution >= 4 is 23.8 Å². The van der Waals surface area contributed by atoms with Gasteiger partial charge >= 0.3 is 5.97 Å². The molecule has 2 heterocycles. The maximum Gasteiger partial charge on any atom is 0.302 e. The smallest absolute Gasteiger partial charge is 0.302 e. The number of nitrogens with two attached hydrogens (primary N) is 1. The minimum atomic E-state index is -0.429. The highest BCUT2D eigenvalue weighted by atomic mass is 16.5. The van der Waals surface area contributed by atoms with Crippen LogP contribution in [0.4, 0.5) is 5.82 Å². The molecule has 0 bridgehead atoms. The summed E-state index contributed by atoms with van der Waals surface area (Å²) < 4.78 is 10.7. The van der Waals surface area contributed by atoms with Crippen LogP contribution in [-0.4, -0.2) is 47.8 Å². The Balaban J connectivity index is 1.52. The number of rotatable bonds is 16. The molecule has 0 spiro atoms. The molecule has 2 atom stereocenters. The zero-order valence-electron chi connectivity index (χ0n) is 23.3. The number of ketones is 1. The number of phenols is 1. The van der Waals surface area contributed by atoms with Crippen LogP contribution in [0.25, 0.3) is 0 Å². The van der Waals surface area contributed by atoms with Crippen molar-refractivity contribution < 1.29 is 24.2 Å². The normalized spacial score (nSPS) is 14.3. The first-order chi connectivity index (χ1) is 18.8. The van der Waals surface area contributed by atoms with E-state index in [1.807, 2.05) is 18.3 Å². The van der Waals surface area contributed by atoms with Crippen molar-refractivity contribution in [3.05, 3.63) is 58.8 Å². The van der Waals surface area contributed by atoms with E-state index >= 15 is 0 Å². The number of nitrogen functional groups attached to an aromatic ring is 1. The van der Waals surface area contributed by atoms with Crippen molar-refractivity contribution in [1.29, 1.82) is 0 Å². The van der Waals surface area contributed by atoms with Gasteiger partial charge in [-0.2, -0.15) is 0 Å². The number of carbonyl (C=O) groups excluding carboxylic acids is 2. The Labute approximate surface area is 231 Å². The molecule has 0 saturated heterocycles. The van der Waals surface area contributed by atoms with Crippen LogP contribution in [0.1, 0.15) is 69.9 Å². The minimum absolute atomic E-state index is 0.0472. The third-order valence-corrected chi connectivity index (χ3v) is 7.25. The zero-order chi connectivity index (χ0) is 28.2. The molecular weight excluding hydrogens is 494 g/mol. The van der Waals surface area contributed by atoms with Crippen molar-refractivity contribution in [1.82, 2.24) is 4.98 Å². The molecule has 0 aliphatic carbocycles. The number of aryl methyl sites for hydroxylation is 2. The number of anilines is 1. The number of hydrogen-bond acceptors (Lipinski definition) is 8. The average molecular weight is 536 g/mol. The number of pyridine rings is 1. The van der Waals surface area contributed by atoms with Crippen LogP contribution < -0.4 is 10.5 Å². The highest BCUT2D eigenvalue weighted by Gasteiger charge is 2.21. The van der Waals surface area contributed by atoms with E-state index in [1.165, 1.54) is 30.7 Å². The van der Waals surface area contributed by atoms with Crippen LogP contribution in [-0.2, 0) is 27.2 Å². The van der Waals surface area contributed by atoms with Gasteiger partial charge < -0.3 is 20.3 Å². The molecule has 0 fully saturated rings. The molecule has 3 N–H and O–H groups in total. The second-order valence-corrected chi connectivity index (χ2v) is 10.2. The fraction of sp³-hybridized carbons (Fsp3) is 0.484. The molecule has 1 aromatic carbocycles. The Morgan fingerprint density at radius 1 is 1.10 bits per heavy atom. The quantitative estimate of drug-likeness (QED) is 0.275. The molecule has 8 nitrogen and oxygen atoms in total. The van der Waals surface area contributed by atoms with Gasteiger partial charge in [-0.3, -0.25) is 14.6 Å². The topological polar surface area (TPSA) is 124 Å². The first-order valence-corrected chi connectivity index (χ1v) is 13.7. The van der Waals surface area contributed by atoms with Crippen LogP contribution in [0, 0.1) is 5.92 Å². The second kappa shape index (κ2) is 15.0. The Morgan fingerprint density at radius 3 is 2.62 bits per heavy atom. The van der Waals surface area contributed by atoms with E-state index in [4.69, 9.17) is 15.2 Å². The number of carbonyl (C=O) groups is 2. The molecule has 0 saturated carbocycles. The van der Waals surface area contributed by atoms with Crippen molar-refractivity contribution in [2.45, 2.75) is 77.7 Å². The fourth-order valence-electron chi connectivity index (χ4n) is 4.98. The van der Waals surface area contributed by atoms with Crippen LogP contribution in [0.5, 0.6) is 11.5 Å². The van der Waals surface area contributed by atoms with Gasteiger partial charge in [0.2, 0.25) is 0 Å². The molecule has 8 heteroatoms. The van der Waals surface area contributed by atoms with Gasteiger partial charge in [-0.15, -0.1) is 0 Å². The molecule has 210 valence electrons. The van der Waals surface area contributed by atoms with Gasteiger partial charge in [0, 0.05) is 32.2 Å². The van der Waals surface area contributed by atoms with Gasteiger partial charge in [0.25, 0.3) is 0 Å². The van der Waals surface area contributed by atoms with Gasteiger partial charge in [0.1, 0.15) is 17.7 Å². The number of methoxy groups -OCH3 is 1. The van der Waals surface area contributed by atoms with Gasteiger partial charge in [-0.1, -0.05) is 19.4 Å². The zero-order valence-corrected chi connectivity index (χ0v) is 23.3. The molecule has 1 aliphatic rings. The number of allylic oxidation sites excluding steroid dienone is 1. The van der Waals surface area contributed by atoms with E-state index in [0.717, 1.165) is 44.2 Å². The summed E-state index contributed by atoms with van der Waals surface area (Å²) in [7, 11) is 1.49. The number of benzene rings is 1. The van der Waals surface area contributed by atoms with E-state index in [2.05, 4.69) is 16.9 Å². The first kappa shape index (κ1) is 29.9. The Bertz CT molecular complexity index is 1190. The molecule has 39 heavy (non-hydrogen) atoms. The number of hydrogen-bond donors (Lipinski definition) is 2. The lowest BCUT2D eigenvalue weighted by Crippen LogP contribution is -2.22. The number of aromatic hydroxyl groups is 1. The predicted molar refractivity (Wildman–Crippen MR) is 153 cm³/mol. The number of Topliss-reactive ketones (excluding diaryl/α,β-unsaturated/α-hetero) is 1. The van der Waals surface area contributed by atoms with Crippen LogP contribution in [0.3, 0.4) is 0 Å². The average Bonchev–Trinajstić information content (AvgIpc) is 3.35. The van der Waals surface area contributed by atoms with E-state index in [1.54, 1.807) is 24.4 Å². The molecule has 2 aromatic rings. The second-order valence-electron chi connectivity index (χ2n) is 10.2. The molecule has 1 aliphatic heterocycles. The summed E-state index contributed by atoms with van der Waals surface area (Å²) in [5, 5.41) is 9.77. The van der Waals surface area contributed by atoms with Gasteiger partial charge in [-0.05, 0) is 91.0 Å². The van der Waals surface area contributed by atoms with Crippen LogP contribution in [0.2, 0.25) is 0 Å². The van der Waals surface area contributed by atoms with Crippen molar-refractivity contribution in [3.8, 4) is 11.5 Å². The van der Waals surface area contributed by atoms with E-state index < -0.39 is 6.10 Å². The van der Waals surface area contributed by atoms with Crippen molar-refractivity contribution in [3.63, 3.8) is 0 Å². The van der Waals surface area contributed by atoms with Crippen molar-refractivity contribution in [2.24, 2.45) is 10.9 Å². The molecule has 0 radical (unpaired) electrons. The summed E-state index contributed by atoms with van der Waals surface area (Å²) in [4.78, 5) is 33.1. The maximum absolute atomic E-state index is 12.8. The number of nitrogens with zero attached hydrogens (tertiary/aromatic N) is 2. The lowest BCUT2D eigenvalue weighted by molar-refractivity contribution is -0.148. The molecule has 0 amide bonds. The highest BCUT2D eigenvalue weighted by molar-refractivity contribution is 5.82. The summed E-state index contributed by atoms with van der Waals surface area (Å²) in [5.41, 5.74) is 10.6. The Hall–Kier alpha value is -3.68. The lowest BCUT2D eigenvalue weighted by atomic mass is 9.88. The Morgan fingerprint density at radius 2 is 1.90 bits per heavy atom. The lowest BCUT2D eigenvalue weighted by Gasteiger charge is -2.21. The fourth-order valence-corrected chi connectivity index (χ4v) is 4.98. The minimum Gasteiger partial charge on any atom is -0.504 e. The third kappa shape index (κ3) is 9.85. The SMILES string of the molecule is CCC(CCC(CC(=O)CCc1ccc(O)c(OC)c1)OC(C)=O)CC1=C(CCc2ccnc(N)c2)CN=C1. The monoisotopic (exact) mass is 535 g/mol. The van der Waals surface area contributed by atoms with Gasteiger partial charge in [0.05, 0.1) is 13.7 Å². The molecule has 3 rings (SSSR count). The number of phenolic OH excluding ortho intramolecular Hbond substituents is 1. The third-order valence-electron chi connectivity index (χ3n) is 7.25. The van der Waals surface area contributed by atoms with Gasteiger partial charge in [0.15, 0.2) is 11.5 Å². The van der Waals surface area contributed by atoms with E-state index in [9.17, 15) is 14.7 Å². The highest BCUT2D eigenvalue weighted by Crippen LogP contribution is 2.29. The van der Waals surface area contributed by atoms with E-state index in [0.29, 0.717) is 36.7 Å². The van der Waals surface area contributed by atoms with E-state index in [-0.39, 0.29) is 23.9 Å². The number of esters is 1. The van der Waals surface area contributed by atoms with Crippen LogP contribution in [0.15, 0.2) is 52.7 Å².